The highest BCUT2D eigenvalue weighted by molar-refractivity contribution is 5.87. The molecule has 4 aromatic carbocycles. The Morgan fingerprint density at radius 3 is 1.54 bits per heavy atom. The van der Waals surface area contributed by atoms with Gasteiger partial charge in [-0.05, 0) is 47.2 Å². The molecule has 5 rings (SSSR count). The van der Waals surface area contributed by atoms with Gasteiger partial charge in [0.25, 0.3) is 0 Å². The summed E-state index contributed by atoms with van der Waals surface area (Å²) in [6, 6.07) is 41.1. The number of nitrogens with zero attached hydrogens (tertiary/aromatic N) is 1. The van der Waals surface area contributed by atoms with Crippen LogP contribution in [0.5, 0.6) is 0 Å². The minimum Gasteiger partial charge on any atom is -0.256 e. The summed E-state index contributed by atoms with van der Waals surface area (Å²) in [6.45, 7) is 27.1. The summed E-state index contributed by atoms with van der Waals surface area (Å²) < 4.78 is 0. The Morgan fingerprint density at radius 2 is 1.02 bits per heavy atom. The van der Waals surface area contributed by atoms with Crippen molar-refractivity contribution >= 4 is 0 Å². The SMILES string of the molecule is CC.CC.CC.CC.CCC.CC[C@@](C)(c1cccc(C)c1)c1ccccc1-c1cnc(-c2ccccc2)cc1-c1ccccc1. The van der Waals surface area contributed by atoms with Crippen molar-refractivity contribution < 1.29 is 0 Å². The van der Waals surface area contributed by atoms with Crippen molar-refractivity contribution in [3.8, 4) is 33.5 Å². The second-order valence-electron chi connectivity index (χ2n) is 10.2. The van der Waals surface area contributed by atoms with Gasteiger partial charge >= 0.3 is 0 Å². The molecule has 1 nitrogen and oxygen atoms in total. The van der Waals surface area contributed by atoms with Crippen molar-refractivity contribution in [2.75, 3.05) is 0 Å². The topological polar surface area (TPSA) is 12.9 Å². The lowest BCUT2D eigenvalue weighted by Crippen LogP contribution is -2.23. The molecule has 1 atom stereocenters. The van der Waals surface area contributed by atoms with Gasteiger partial charge in [0.2, 0.25) is 0 Å². The Balaban J connectivity index is 0.00000166. The maximum atomic E-state index is 4.95. The number of pyridine rings is 1. The van der Waals surface area contributed by atoms with E-state index in [0.29, 0.717) is 0 Å². The molecule has 0 saturated carbocycles. The van der Waals surface area contributed by atoms with Gasteiger partial charge in [0.05, 0.1) is 5.69 Å². The molecule has 5 aromatic rings. The first-order valence-electron chi connectivity index (χ1n) is 17.8. The molecule has 248 valence electrons. The summed E-state index contributed by atoms with van der Waals surface area (Å²) in [4.78, 5) is 4.95. The Morgan fingerprint density at radius 1 is 0.522 bits per heavy atom. The average molecular weight is 618 g/mol. The zero-order chi connectivity index (χ0) is 35.0. The Hall–Kier alpha value is -3.97. The van der Waals surface area contributed by atoms with Gasteiger partial charge in [0.1, 0.15) is 0 Å². The quantitative estimate of drug-likeness (QED) is 0.185. The Kier molecular flexibility index (Phi) is 22.2. The Bertz CT molecular complexity index is 1450. The van der Waals surface area contributed by atoms with Gasteiger partial charge in [0, 0.05) is 22.7 Å². The molecule has 0 amide bonds. The zero-order valence-electron chi connectivity index (χ0n) is 31.4. The predicted molar refractivity (Wildman–Crippen MR) is 210 cm³/mol. The number of aryl methyl sites for hydroxylation is 1. The van der Waals surface area contributed by atoms with Crippen molar-refractivity contribution in [3.05, 3.63) is 138 Å². The molecule has 0 spiro atoms. The van der Waals surface area contributed by atoms with Crippen molar-refractivity contribution in [1.82, 2.24) is 4.98 Å². The molecule has 1 aromatic heterocycles. The average Bonchev–Trinajstić information content (AvgIpc) is 3.15. The molecule has 0 fully saturated rings. The lowest BCUT2D eigenvalue weighted by molar-refractivity contribution is 0.551. The molecule has 0 aliphatic carbocycles. The smallest absolute Gasteiger partial charge is 0.0708 e. The van der Waals surface area contributed by atoms with Crippen LogP contribution in [0.15, 0.2) is 121 Å². The first-order chi connectivity index (χ1) is 22.5. The zero-order valence-corrected chi connectivity index (χ0v) is 31.4. The molecule has 0 aliphatic heterocycles. The van der Waals surface area contributed by atoms with Crippen molar-refractivity contribution in [1.29, 1.82) is 0 Å². The van der Waals surface area contributed by atoms with E-state index in [0.717, 1.165) is 17.7 Å². The molecule has 0 aliphatic rings. The van der Waals surface area contributed by atoms with Crippen LogP contribution in [-0.4, -0.2) is 4.98 Å². The van der Waals surface area contributed by atoms with Gasteiger partial charge in [-0.1, -0.05) is 204 Å². The van der Waals surface area contributed by atoms with E-state index >= 15 is 0 Å². The fraction of sp³-hybridized carbons (Fsp3) is 0.356. The number of hydrogen-bond donors (Lipinski definition) is 0. The molecule has 1 heterocycles. The molecule has 0 radical (unpaired) electrons. The molecule has 0 unspecified atom stereocenters. The number of benzene rings is 4. The lowest BCUT2D eigenvalue weighted by Gasteiger charge is -2.32. The molecule has 1 heteroatoms. The van der Waals surface area contributed by atoms with Crippen LogP contribution in [0.3, 0.4) is 0 Å². The van der Waals surface area contributed by atoms with E-state index in [1.54, 1.807) is 0 Å². The van der Waals surface area contributed by atoms with E-state index in [9.17, 15) is 0 Å². The van der Waals surface area contributed by atoms with Crippen LogP contribution in [-0.2, 0) is 5.41 Å². The highest BCUT2D eigenvalue weighted by Crippen LogP contribution is 2.43. The third kappa shape index (κ3) is 11.4. The number of rotatable bonds is 6. The largest absolute Gasteiger partial charge is 0.256 e. The highest BCUT2D eigenvalue weighted by atomic mass is 14.7. The van der Waals surface area contributed by atoms with Gasteiger partial charge in [0.15, 0.2) is 0 Å². The molecule has 0 bridgehead atoms. The van der Waals surface area contributed by atoms with Crippen LogP contribution in [0, 0.1) is 6.92 Å². The van der Waals surface area contributed by atoms with Crippen LogP contribution in [0.1, 0.15) is 113 Å². The normalized spacial score (nSPS) is 10.6. The van der Waals surface area contributed by atoms with Gasteiger partial charge in [-0.2, -0.15) is 0 Å². The summed E-state index contributed by atoms with van der Waals surface area (Å²) in [5.74, 6) is 0. The van der Waals surface area contributed by atoms with E-state index in [4.69, 9.17) is 4.98 Å². The summed E-state index contributed by atoms with van der Waals surface area (Å²) in [7, 11) is 0. The fourth-order valence-corrected chi connectivity index (χ4v) is 5.03. The van der Waals surface area contributed by atoms with E-state index in [1.807, 2.05) is 61.5 Å². The van der Waals surface area contributed by atoms with E-state index < -0.39 is 0 Å². The van der Waals surface area contributed by atoms with Crippen LogP contribution < -0.4 is 0 Å². The van der Waals surface area contributed by atoms with Crippen molar-refractivity contribution in [2.45, 2.75) is 108 Å². The second kappa shape index (κ2) is 24.3. The van der Waals surface area contributed by atoms with Crippen LogP contribution >= 0.6 is 0 Å². The lowest BCUT2D eigenvalue weighted by atomic mass is 9.71. The van der Waals surface area contributed by atoms with Crippen LogP contribution in [0.25, 0.3) is 33.5 Å². The van der Waals surface area contributed by atoms with E-state index in [1.165, 1.54) is 45.4 Å². The van der Waals surface area contributed by atoms with E-state index in [-0.39, 0.29) is 5.41 Å². The standard InChI is InChI=1S/C34H31N.C3H8.4C2H6/c1-4-34(3,28-19-13-14-25(2)22-28)32-21-12-11-20-29(32)31-24-35-33(27-17-9-6-10-18-27)23-30(31)26-15-7-5-8-16-26;1-3-2;4*1-2/h5-24H,4H2,1-3H3;3H2,1-2H3;4*1-2H3/t34-;;;;;/m0...../s1. The van der Waals surface area contributed by atoms with Crippen molar-refractivity contribution in [2.24, 2.45) is 0 Å². The van der Waals surface area contributed by atoms with Crippen molar-refractivity contribution in [3.63, 3.8) is 0 Å². The highest BCUT2D eigenvalue weighted by Gasteiger charge is 2.30. The first-order valence-corrected chi connectivity index (χ1v) is 17.8. The van der Waals surface area contributed by atoms with Gasteiger partial charge in [-0.3, -0.25) is 4.98 Å². The van der Waals surface area contributed by atoms with Gasteiger partial charge < -0.3 is 0 Å². The molecular weight excluding hydrogens is 555 g/mol. The minimum atomic E-state index is -0.116. The Labute approximate surface area is 284 Å². The maximum Gasteiger partial charge on any atom is 0.0708 e. The molecule has 0 saturated heterocycles. The predicted octanol–water partition coefficient (Wildman–Crippen LogP) is 14.6. The molecule has 0 N–H and O–H groups in total. The molecule has 46 heavy (non-hydrogen) atoms. The molecular formula is C45H63N. The third-order valence-corrected chi connectivity index (χ3v) is 7.23. The van der Waals surface area contributed by atoms with Gasteiger partial charge in [-0.15, -0.1) is 0 Å². The van der Waals surface area contributed by atoms with Crippen LogP contribution in [0.2, 0.25) is 0 Å². The summed E-state index contributed by atoms with van der Waals surface area (Å²) >= 11 is 0. The van der Waals surface area contributed by atoms with E-state index in [2.05, 4.69) is 150 Å². The minimum absolute atomic E-state index is 0.116. The monoisotopic (exact) mass is 617 g/mol. The summed E-state index contributed by atoms with van der Waals surface area (Å²) in [5.41, 5.74) is 10.8. The third-order valence-electron chi connectivity index (χ3n) is 7.23. The second-order valence-corrected chi connectivity index (χ2v) is 10.2. The summed E-state index contributed by atoms with van der Waals surface area (Å²) in [5, 5.41) is 0. The number of aromatic nitrogens is 1. The number of hydrogen-bond acceptors (Lipinski definition) is 1. The maximum absolute atomic E-state index is 4.95. The van der Waals surface area contributed by atoms with Crippen LogP contribution in [0.4, 0.5) is 0 Å². The fourth-order valence-electron chi connectivity index (χ4n) is 5.03. The summed E-state index contributed by atoms with van der Waals surface area (Å²) in [6.07, 6.45) is 4.32. The van der Waals surface area contributed by atoms with Gasteiger partial charge in [-0.25, -0.2) is 0 Å². The first kappa shape index (κ1) is 42.0.